The van der Waals surface area contributed by atoms with E-state index >= 15 is 0 Å². The molecule has 2 rings (SSSR count). The van der Waals surface area contributed by atoms with E-state index in [1.807, 2.05) is 20.8 Å². The van der Waals surface area contributed by atoms with Crippen LogP contribution in [-0.2, 0) is 4.74 Å². The molecule has 1 aromatic carbocycles. The van der Waals surface area contributed by atoms with Crippen LogP contribution in [0.2, 0.25) is 0 Å². The monoisotopic (exact) mass is 265 g/mol. The first-order valence-electron chi connectivity index (χ1n) is 6.62. The van der Waals surface area contributed by atoms with Crippen LogP contribution in [0.5, 0.6) is 0 Å². The number of carbonyl (C=O) groups is 1. The van der Waals surface area contributed by atoms with Crippen molar-refractivity contribution in [2.75, 3.05) is 6.54 Å². The molecule has 1 aromatic rings. The Balaban J connectivity index is 2.12. The Morgan fingerprint density at radius 2 is 1.95 bits per heavy atom. The molecule has 104 valence electrons. The molecule has 1 saturated heterocycles. The highest BCUT2D eigenvalue weighted by molar-refractivity contribution is 5.69. The molecule has 4 heteroatoms. The lowest BCUT2D eigenvalue weighted by Crippen LogP contribution is -2.36. The van der Waals surface area contributed by atoms with Crippen molar-refractivity contribution >= 4 is 6.09 Å². The van der Waals surface area contributed by atoms with Crippen LogP contribution >= 0.6 is 0 Å². The minimum absolute atomic E-state index is 0.00421. The summed E-state index contributed by atoms with van der Waals surface area (Å²) in [6.07, 6.45) is 1.55. The van der Waals surface area contributed by atoms with E-state index < -0.39 is 5.60 Å². The Morgan fingerprint density at radius 1 is 1.32 bits per heavy atom. The van der Waals surface area contributed by atoms with Crippen LogP contribution in [0.25, 0.3) is 0 Å². The summed E-state index contributed by atoms with van der Waals surface area (Å²) in [4.78, 5) is 13.9. The highest BCUT2D eigenvalue weighted by Gasteiger charge is 2.32. The van der Waals surface area contributed by atoms with Crippen LogP contribution in [0, 0.1) is 5.82 Å². The van der Waals surface area contributed by atoms with Crippen LogP contribution in [0.4, 0.5) is 9.18 Å². The van der Waals surface area contributed by atoms with Gasteiger partial charge in [0.05, 0.1) is 6.04 Å². The zero-order valence-electron chi connectivity index (χ0n) is 11.6. The number of hydrogen-bond acceptors (Lipinski definition) is 2. The molecule has 3 nitrogen and oxygen atoms in total. The molecule has 1 fully saturated rings. The second-order valence-electron chi connectivity index (χ2n) is 5.88. The molecule has 0 spiro atoms. The molecule has 0 bridgehead atoms. The number of nitrogens with zero attached hydrogens (tertiary/aromatic N) is 1. The first-order valence-corrected chi connectivity index (χ1v) is 6.62. The molecule has 0 aliphatic carbocycles. The Morgan fingerprint density at radius 3 is 2.53 bits per heavy atom. The van der Waals surface area contributed by atoms with Crippen molar-refractivity contribution in [2.45, 2.75) is 45.3 Å². The van der Waals surface area contributed by atoms with Gasteiger partial charge in [0.2, 0.25) is 0 Å². The van der Waals surface area contributed by atoms with Crippen LogP contribution in [0.1, 0.15) is 45.2 Å². The van der Waals surface area contributed by atoms with Crippen molar-refractivity contribution in [1.82, 2.24) is 4.90 Å². The topological polar surface area (TPSA) is 29.5 Å². The van der Waals surface area contributed by atoms with Crippen molar-refractivity contribution in [3.63, 3.8) is 0 Å². The summed E-state index contributed by atoms with van der Waals surface area (Å²) in [7, 11) is 0. The quantitative estimate of drug-likeness (QED) is 0.770. The minimum Gasteiger partial charge on any atom is -0.444 e. The summed E-state index contributed by atoms with van der Waals surface area (Å²) in [5.41, 5.74) is 0.470. The van der Waals surface area contributed by atoms with Gasteiger partial charge in [-0.1, -0.05) is 12.1 Å². The van der Waals surface area contributed by atoms with Crippen LogP contribution in [-0.4, -0.2) is 23.1 Å². The Bertz CT molecular complexity index is 450. The van der Waals surface area contributed by atoms with Gasteiger partial charge in [-0.2, -0.15) is 0 Å². The van der Waals surface area contributed by atoms with Gasteiger partial charge >= 0.3 is 6.09 Å². The Hall–Kier alpha value is -1.58. The number of amides is 1. The van der Waals surface area contributed by atoms with E-state index in [1.165, 1.54) is 12.1 Å². The fraction of sp³-hybridized carbons (Fsp3) is 0.533. The van der Waals surface area contributed by atoms with Gasteiger partial charge < -0.3 is 9.64 Å². The number of benzene rings is 1. The summed E-state index contributed by atoms with van der Waals surface area (Å²) in [6, 6.07) is 6.34. The van der Waals surface area contributed by atoms with E-state index in [0.717, 1.165) is 18.4 Å². The van der Waals surface area contributed by atoms with E-state index in [0.29, 0.717) is 6.54 Å². The van der Waals surface area contributed by atoms with Crippen molar-refractivity contribution in [2.24, 2.45) is 0 Å². The summed E-state index contributed by atoms with van der Waals surface area (Å²) < 4.78 is 18.4. The van der Waals surface area contributed by atoms with Crippen LogP contribution in [0.15, 0.2) is 24.3 Å². The Kier molecular flexibility index (Phi) is 3.78. The molecule has 1 heterocycles. The number of ether oxygens (including phenoxy) is 1. The molecule has 1 amide bonds. The maximum atomic E-state index is 12.9. The second-order valence-corrected chi connectivity index (χ2v) is 5.88. The minimum atomic E-state index is -0.493. The number of hydrogen-bond donors (Lipinski definition) is 0. The third-order valence-electron chi connectivity index (χ3n) is 3.14. The molecule has 0 unspecified atom stereocenters. The number of carbonyl (C=O) groups excluding carboxylic acids is 1. The highest BCUT2D eigenvalue weighted by atomic mass is 19.1. The van der Waals surface area contributed by atoms with Crippen molar-refractivity contribution in [3.05, 3.63) is 35.6 Å². The van der Waals surface area contributed by atoms with E-state index in [1.54, 1.807) is 17.0 Å². The van der Waals surface area contributed by atoms with E-state index in [9.17, 15) is 9.18 Å². The van der Waals surface area contributed by atoms with Gasteiger partial charge in [-0.05, 0) is 51.3 Å². The molecule has 0 aromatic heterocycles. The molecule has 19 heavy (non-hydrogen) atoms. The summed E-state index contributed by atoms with van der Waals surface area (Å²) in [6.45, 7) is 6.26. The molecule has 0 radical (unpaired) electrons. The van der Waals surface area contributed by atoms with Crippen molar-refractivity contribution in [3.8, 4) is 0 Å². The van der Waals surface area contributed by atoms with Gasteiger partial charge in [-0.25, -0.2) is 9.18 Å². The zero-order chi connectivity index (χ0) is 14.0. The average Bonchev–Trinajstić information content (AvgIpc) is 2.76. The lowest BCUT2D eigenvalue weighted by Gasteiger charge is -2.28. The maximum Gasteiger partial charge on any atom is 0.410 e. The standard InChI is InChI=1S/C15H20FNO2/c1-15(2,3)19-14(18)17-10-4-5-13(17)11-6-8-12(16)9-7-11/h6-9,13H,4-5,10H2,1-3H3/t13-/m1/s1. The highest BCUT2D eigenvalue weighted by Crippen LogP contribution is 2.33. The van der Waals surface area contributed by atoms with Gasteiger partial charge in [0, 0.05) is 6.54 Å². The van der Waals surface area contributed by atoms with E-state index in [-0.39, 0.29) is 18.0 Å². The van der Waals surface area contributed by atoms with Crippen LogP contribution < -0.4 is 0 Å². The van der Waals surface area contributed by atoms with Crippen molar-refractivity contribution in [1.29, 1.82) is 0 Å². The molecular weight excluding hydrogens is 245 g/mol. The molecule has 0 saturated carbocycles. The lowest BCUT2D eigenvalue weighted by atomic mass is 10.0. The predicted octanol–water partition coefficient (Wildman–Crippen LogP) is 3.90. The van der Waals surface area contributed by atoms with Gasteiger partial charge in [0.1, 0.15) is 11.4 Å². The summed E-state index contributed by atoms with van der Waals surface area (Å²) >= 11 is 0. The summed E-state index contributed by atoms with van der Waals surface area (Å²) in [5.74, 6) is -0.259. The maximum absolute atomic E-state index is 12.9. The smallest absolute Gasteiger partial charge is 0.410 e. The summed E-state index contributed by atoms with van der Waals surface area (Å²) in [5, 5.41) is 0. The van der Waals surface area contributed by atoms with E-state index in [2.05, 4.69) is 0 Å². The Labute approximate surface area is 113 Å². The van der Waals surface area contributed by atoms with Crippen molar-refractivity contribution < 1.29 is 13.9 Å². The molecule has 1 aliphatic heterocycles. The third-order valence-corrected chi connectivity index (χ3v) is 3.14. The van der Waals surface area contributed by atoms with Gasteiger partial charge in [0.15, 0.2) is 0 Å². The molecule has 0 N–H and O–H groups in total. The molecule has 1 atom stereocenters. The number of likely N-dealkylation sites (tertiary alicyclic amines) is 1. The largest absolute Gasteiger partial charge is 0.444 e. The number of rotatable bonds is 1. The first-order chi connectivity index (χ1) is 8.87. The van der Waals surface area contributed by atoms with Gasteiger partial charge in [0.25, 0.3) is 0 Å². The predicted molar refractivity (Wildman–Crippen MR) is 71.3 cm³/mol. The lowest BCUT2D eigenvalue weighted by molar-refractivity contribution is 0.0224. The molecule has 1 aliphatic rings. The first kappa shape index (κ1) is 13.8. The van der Waals surface area contributed by atoms with E-state index in [4.69, 9.17) is 4.74 Å². The second kappa shape index (κ2) is 5.19. The normalized spacial score (nSPS) is 19.6. The van der Waals surface area contributed by atoms with Crippen LogP contribution in [0.3, 0.4) is 0 Å². The van der Waals surface area contributed by atoms with Gasteiger partial charge in [-0.15, -0.1) is 0 Å². The fourth-order valence-corrected chi connectivity index (χ4v) is 2.34. The average molecular weight is 265 g/mol. The SMILES string of the molecule is CC(C)(C)OC(=O)N1CCC[C@@H]1c1ccc(F)cc1. The zero-order valence-corrected chi connectivity index (χ0v) is 11.6. The molecular formula is C15H20FNO2. The fourth-order valence-electron chi connectivity index (χ4n) is 2.34. The number of halogens is 1. The van der Waals surface area contributed by atoms with Gasteiger partial charge in [-0.3, -0.25) is 0 Å². The third kappa shape index (κ3) is 3.46.